The average Bonchev–Trinajstić information content (AvgIpc) is 2.65. The SMILES string of the molecule is CCOC(=O)C=C[C@@H]1[C@@H](C(=O)O)C1(C)C. The lowest BCUT2D eigenvalue weighted by Gasteiger charge is -1.97. The molecule has 1 aliphatic rings. The summed E-state index contributed by atoms with van der Waals surface area (Å²) in [5.74, 6) is -1.68. The van der Waals surface area contributed by atoms with E-state index >= 15 is 0 Å². The molecule has 0 aromatic carbocycles. The Kier molecular flexibility index (Phi) is 3.17. The van der Waals surface area contributed by atoms with Crippen molar-refractivity contribution in [3.05, 3.63) is 12.2 Å². The largest absolute Gasteiger partial charge is 0.481 e. The Balaban J connectivity index is 2.55. The number of carbonyl (C=O) groups is 2. The molecule has 1 rings (SSSR count). The molecule has 0 saturated heterocycles. The van der Waals surface area contributed by atoms with Crippen molar-refractivity contribution < 1.29 is 19.4 Å². The van der Waals surface area contributed by atoms with Gasteiger partial charge in [0.2, 0.25) is 0 Å². The molecule has 84 valence electrons. The summed E-state index contributed by atoms with van der Waals surface area (Å²) < 4.78 is 4.71. The van der Waals surface area contributed by atoms with E-state index in [4.69, 9.17) is 9.84 Å². The first kappa shape index (κ1) is 11.8. The molecule has 0 unspecified atom stereocenters. The molecule has 0 amide bonds. The van der Waals surface area contributed by atoms with Crippen molar-refractivity contribution in [1.82, 2.24) is 0 Å². The van der Waals surface area contributed by atoms with Gasteiger partial charge in [-0.25, -0.2) is 4.79 Å². The molecule has 0 aliphatic heterocycles. The van der Waals surface area contributed by atoms with Crippen LogP contribution in [-0.4, -0.2) is 23.7 Å². The van der Waals surface area contributed by atoms with E-state index in [1.54, 1.807) is 13.0 Å². The van der Waals surface area contributed by atoms with E-state index in [0.29, 0.717) is 6.61 Å². The maximum atomic E-state index is 11.0. The van der Waals surface area contributed by atoms with Gasteiger partial charge >= 0.3 is 11.9 Å². The fraction of sp³-hybridized carbons (Fsp3) is 0.636. The first-order valence-corrected chi connectivity index (χ1v) is 4.99. The Labute approximate surface area is 88.9 Å². The first-order valence-electron chi connectivity index (χ1n) is 4.99. The summed E-state index contributed by atoms with van der Waals surface area (Å²) in [6.07, 6.45) is 2.95. The lowest BCUT2D eigenvalue weighted by Crippen LogP contribution is -2.03. The number of carbonyl (C=O) groups excluding carboxylic acids is 1. The predicted molar refractivity (Wildman–Crippen MR) is 54.2 cm³/mol. The zero-order chi connectivity index (χ0) is 11.6. The second-order valence-corrected chi connectivity index (χ2v) is 4.27. The van der Waals surface area contributed by atoms with Crippen LogP contribution < -0.4 is 0 Å². The van der Waals surface area contributed by atoms with Gasteiger partial charge in [0.15, 0.2) is 0 Å². The third-order valence-corrected chi connectivity index (χ3v) is 2.90. The minimum Gasteiger partial charge on any atom is -0.481 e. The Bertz CT molecular complexity index is 304. The van der Waals surface area contributed by atoms with E-state index in [-0.39, 0.29) is 17.3 Å². The number of allylic oxidation sites excluding steroid dienone is 1. The van der Waals surface area contributed by atoms with Crippen molar-refractivity contribution in [3.8, 4) is 0 Å². The second kappa shape index (κ2) is 4.04. The van der Waals surface area contributed by atoms with Crippen molar-refractivity contribution in [1.29, 1.82) is 0 Å². The van der Waals surface area contributed by atoms with E-state index in [0.717, 1.165) is 0 Å². The maximum absolute atomic E-state index is 11.0. The van der Waals surface area contributed by atoms with Crippen molar-refractivity contribution >= 4 is 11.9 Å². The molecular formula is C11H16O4. The lowest BCUT2D eigenvalue weighted by atomic mass is 10.1. The fourth-order valence-corrected chi connectivity index (χ4v) is 1.88. The normalized spacial score (nSPS) is 27.7. The minimum atomic E-state index is -0.807. The Hall–Kier alpha value is -1.32. The van der Waals surface area contributed by atoms with Crippen LogP contribution in [0.3, 0.4) is 0 Å². The quantitative estimate of drug-likeness (QED) is 0.566. The molecule has 0 aromatic heterocycles. The van der Waals surface area contributed by atoms with E-state index in [1.807, 2.05) is 13.8 Å². The minimum absolute atomic E-state index is 0.0700. The molecule has 2 atom stereocenters. The standard InChI is InChI=1S/C11H16O4/c1-4-15-8(12)6-5-7-9(10(13)14)11(7,2)3/h5-7,9H,4H2,1-3H3,(H,13,14)/t7-,9+/m1/s1. The van der Waals surface area contributed by atoms with Crippen LogP contribution in [-0.2, 0) is 14.3 Å². The number of hydrogen-bond donors (Lipinski definition) is 1. The van der Waals surface area contributed by atoms with Crippen molar-refractivity contribution in [2.24, 2.45) is 17.3 Å². The smallest absolute Gasteiger partial charge is 0.330 e. The van der Waals surface area contributed by atoms with Crippen molar-refractivity contribution in [2.75, 3.05) is 6.61 Å². The van der Waals surface area contributed by atoms with Crippen LogP contribution in [0.4, 0.5) is 0 Å². The van der Waals surface area contributed by atoms with Gasteiger partial charge in [0.05, 0.1) is 12.5 Å². The molecule has 1 fully saturated rings. The summed E-state index contributed by atoms with van der Waals surface area (Å²) in [4.78, 5) is 21.8. The molecule has 4 nitrogen and oxygen atoms in total. The Morgan fingerprint density at radius 1 is 1.47 bits per heavy atom. The molecule has 0 bridgehead atoms. The number of rotatable bonds is 4. The molecule has 0 heterocycles. The second-order valence-electron chi connectivity index (χ2n) is 4.27. The highest BCUT2D eigenvalue weighted by Gasteiger charge is 2.60. The van der Waals surface area contributed by atoms with Gasteiger partial charge in [-0.2, -0.15) is 0 Å². The van der Waals surface area contributed by atoms with Crippen LogP contribution in [0.15, 0.2) is 12.2 Å². The highest BCUT2D eigenvalue weighted by atomic mass is 16.5. The van der Waals surface area contributed by atoms with Gasteiger partial charge in [-0.1, -0.05) is 19.9 Å². The maximum Gasteiger partial charge on any atom is 0.330 e. The number of esters is 1. The zero-order valence-corrected chi connectivity index (χ0v) is 9.19. The van der Waals surface area contributed by atoms with Gasteiger partial charge < -0.3 is 9.84 Å². The topological polar surface area (TPSA) is 63.6 Å². The summed E-state index contributed by atoms with van der Waals surface area (Å²) in [5, 5.41) is 8.88. The summed E-state index contributed by atoms with van der Waals surface area (Å²) in [6.45, 7) is 5.82. The third-order valence-electron chi connectivity index (χ3n) is 2.90. The number of ether oxygens (including phenoxy) is 1. The molecule has 0 radical (unpaired) electrons. The van der Waals surface area contributed by atoms with Gasteiger partial charge in [0, 0.05) is 6.08 Å². The number of carboxylic acids is 1. The highest BCUT2D eigenvalue weighted by molar-refractivity contribution is 5.83. The summed E-state index contributed by atoms with van der Waals surface area (Å²) in [7, 11) is 0. The van der Waals surface area contributed by atoms with E-state index in [1.165, 1.54) is 6.08 Å². The lowest BCUT2D eigenvalue weighted by molar-refractivity contribution is -0.140. The highest BCUT2D eigenvalue weighted by Crippen LogP contribution is 2.58. The van der Waals surface area contributed by atoms with Crippen LogP contribution in [0.1, 0.15) is 20.8 Å². The molecule has 4 heteroatoms. The van der Waals surface area contributed by atoms with Gasteiger partial charge in [-0.05, 0) is 18.3 Å². The molecule has 1 saturated carbocycles. The number of hydrogen-bond acceptors (Lipinski definition) is 3. The van der Waals surface area contributed by atoms with Crippen LogP contribution in [0, 0.1) is 17.3 Å². The summed E-state index contributed by atoms with van der Waals surface area (Å²) in [5.41, 5.74) is -0.255. The van der Waals surface area contributed by atoms with Gasteiger partial charge in [-0.3, -0.25) is 4.79 Å². The van der Waals surface area contributed by atoms with Crippen LogP contribution in [0.5, 0.6) is 0 Å². The van der Waals surface area contributed by atoms with Crippen molar-refractivity contribution in [2.45, 2.75) is 20.8 Å². The van der Waals surface area contributed by atoms with E-state index in [2.05, 4.69) is 0 Å². The van der Waals surface area contributed by atoms with Gasteiger partial charge in [-0.15, -0.1) is 0 Å². The molecule has 15 heavy (non-hydrogen) atoms. The van der Waals surface area contributed by atoms with Crippen LogP contribution in [0.25, 0.3) is 0 Å². The Morgan fingerprint density at radius 3 is 2.47 bits per heavy atom. The molecule has 1 aliphatic carbocycles. The van der Waals surface area contributed by atoms with E-state index in [9.17, 15) is 9.59 Å². The van der Waals surface area contributed by atoms with E-state index < -0.39 is 11.9 Å². The molecule has 0 spiro atoms. The number of carboxylic acid groups (broad SMARTS) is 1. The first-order chi connectivity index (χ1) is 6.91. The number of aliphatic carboxylic acids is 1. The third kappa shape index (κ3) is 2.37. The average molecular weight is 212 g/mol. The zero-order valence-electron chi connectivity index (χ0n) is 9.19. The van der Waals surface area contributed by atoms with Crippen LogP contribution >= 0.6 is 0 Å². The summed E-state index contributed by atoms with van der Waals surface area (Å²) in [6, 6.07) is 0. The monoisotopic (exact) mass is 212 g/mol. The Morgan fingerprint density at radius 2 is 2.07 bits per heavy atom. The van der Waals surface area contributed by atoms with Gasteiger partial charge in [0.25, 0.3) is 0 Å². The molecule has 1 N–H and O–H groups in total. The molecular weight excluding hydrogens is 196 g/mol. The van der Waals surface area contributed by atoms with Gasteiger partial charge in [0.1, 0.15) is 0 Å². The predicted octanol–water partition coefficient (Wildman–Crippen LogP) is 1.46. The fourth-order valence-electron chi connectivity index (χ4n) is 1.88. The molecule has 0 aromatic rings. The van der Waals surface area contributed by atoms with Crippen LogP contribution in [0.2, 0.25) is 0 Å². The van der Waals surface area contributed by atoms with Crippen molar-refractivity contribution in [3.63, 3.8) is 0 Å². The summed E-state index contributed by atoms with van der Waals surface area (Å²) >= 11 is 0.